The number of aryl methyl sites for hydroxylation is 1. The number of likely N-dealkylation sites (tertiary alicyclic amines) is 1. The second kappa shape index (κ2) is 14.7. The molecule has 0 aliphatic carbocycles. The normalized spacial score (nSPS) is 16.5. The summed E-state index contributed by atoms with van der Waals surface area (Å²) in [5.41, 5.74) is 4.43. The number of piperidine rings is 1. The van der Waals surface area contributed by atoms with Crippen LogP contribution in [0.25, 0.3) is 0 Å². The van der Waals surface area contributed by atoms with Crippen molar-refractivity contribution in [1.29, 1.82) is 0 Å². The Morgan fingerprint density at radius 1 is 1.10 bits per heavy atom. The average Bonchev–Trinajstić information content (AvgIpc) is 3.00. The molecule has 2 atom stereocenters. The van der Waals surface area contributed by atoms with Crippen LogP contribution in [0.4, 0.5) is 4.79 Å². The number of carbonyl (C=O) groups is 2. The largest absolute Gasteiger partial charge is 0.453 e. The predicted octanol–water partition coefficient (Wildman–Crippen LogP) is 5.83. The molecule has 4 rings (SSSR count). The van der Waals surface area contributed by atoms with E-state index >= 15 is 0 Å². The smallest absolute Gasteiger partial charge is 0.406 e. The zero-order chi connectivity index (χ0) is 30.1. The fourth-order valence-corrected chi connectivity index (χ4v) is 6.29. The van der Waals surface area contributed by atoms with E-state index in [2.05, 4.69) is 35.8 Å². The van der Waals surface area contributed by atoms with Gasteiger partial charge in [0.05, 0.1) is 12.7 Å². The van der Waals surface area contributed by atoms with Crippen LogP contribution in [0.1, 0.15) is 63.9 Å². The number of alkyl carbamates (subject to hydrolysis) is 1. The van der Waals surface area contributed by atoms with Crippen LogP contribution in [-0.4, -0.2) is 55.8 Å². The lowest BCUT2D eigenvalue weighted by molar-refractivity contribution is -0.0572. The number of nitrogens with zero attached hydrogens (tertiary/aromatic N) is 1. The Hall–Kier alpha value is -3.39. The molecule has 3 aromatic rings. The van der Waals surface area contributed by atoms with Crippen LogP contribution < -0.4 is 10.6 Å². The summed E-state index contributed by atoms with van der Waals surface area (Å²) in [4.78, 5) is 27.1. The van der Waals surface area contributed by atoms with Crippen LogP contribution in [0.2, 0.25) is 5.02 Å². The van der Waals surface area contributed by atoms with Crippen LogP contribution in [-0.2, 0) is 23.3 Å². The maximum atomic E-state index is 13.6. The minimum absolute atomic E-state index is 0.0310. The first-order valence-electron chi connectivity index (χ1n) is 14.7. The summed E-state index contributed by atoms with van der Waals surface area (Å²) in [6.45, 7) is 4.22. The predicted molar refractivity (Wildman–Crippen MR) is 167 cm³/mol. The second-order valence-corrected chi connectivity index (χ2v) is 11.6. The fourth-order valence-electron chi connectivity index (χ4n) is 6.05. The maximum Gasteiger partial charge on any atom is 0.406 e. The number of nitrogens with one attached hydrogen (secondary N) is 2. The first-order chi connectivity index (χ1) is 20.2. The number of rotatable bonds is 11. The lowest BCUT2D eigenvalue weighted by atomic mass is 9.72. The first-order valence-corrected chi connectivity index (χ1v) is 15.0. The highest BCUT2D eigenvalue weighted by molar-refractivity contribution is 6.31. The number of methoxy groups -OCH3 is 1. The van der Waals surface area contributed by atoms with Crippen LogP contribution >= 0.6 is 11.6 Å². The molecule has 1 fully saturated rings. The monoisotopic (exact) mass is 591 g/mol. The van der Waals surface area contributed by atoms with Crippen molar-refractivity contribution in [3.63, 3.8) is 0 Å². The Kier molecular flexibility index (Phi) is 11.0. The third-order valence-electron chi connectivity index (χ3n) is 8.20. The molecule has 3 aromatic carbocycles. The van der Waals surface area contributed by atoms with Gasteiger partial charge in [0.1, 0.15) is 0 Å². The maximum absolute atomic E-state index is 13.6. The zero-order valence-electron chi connectivity index (χ0n) is 24.8. The van der Waals surface area contributed by atoms with Crippen LogP contribution in [0.15, 0.2) is 66.7 Å². The molecule has 224 valence electrons. The fraction of sp³-hybridized carbons (Fsp3) is 0.412. The Morgan fingerprint density at radius 3 is 2.57 bits per heavy atom. The zero-order valence-corrected chi connectivity index (χ0v) is 25.5. The molecule has 2 unspecified atom stereocenters. The molecule has 1 aliphatic rings. The minimum atomic E-state index is -1.27. The molecule has 0 bridgehead atoms. The molecule has 0 spiro atoms. The molecule has 2 amide bonds. The topological polar surface area (TPSA) is 90.9 Å². The highest BCUT2D eigenvalue weighted by atomic mass is 35.5. The summed E-state index contributed by atoms with van der Waals surface area (Å²) in [5.74, 6) is -0.247. The van der Waals surface area contributed by atoms with Gasteiger partial charge in [0.2, 0.25) is 0 Å². The summed E-state index contributed by atoms with van der Waals surface area (Å²) in [5, 5.41) is 19.1. The number of benzene rings is 3. The highest BCUT2D eigenvalue weighted by Crippen LogP contribution is 2.43. The molecular formula is C34H42ClN3O4. The number of hydrogen-bond donors (Lipinski definition) is 3. The Balaban J connectivity index is 1.64. The molecule has 0 aromatic heterocycles. The van der Waals surface area contributed by atoms with Gasteiger partial charge in [0.25, 0.3) is 5.91 Å². The van der Waals surface area contributed by atoms with E-state index in [0.717, 1.165) is 47.2 Å². The van der Waals surface area contributed by atoms with Gasteiger partial charge < -0.3 is 25.4 Å². The third kappa shape index (κ3) is 7.71. The van der Waals surface area contributed by atoms with Gasteiger partial charge in [-0.2, -0.15) is 0 Å². The molecule has 1 saturated heterocycles. The van der Waals surface area contributed by atoms with Gasteiger partial charge in [0, 0.05) is 42.7 Å². The van der Waals surface area contributed by atoms with Gasteiger partial charge in [0.15, 0.2) is 0 Å². The third-order valence-corrected chi connectivity index (χ3v) is 8.56. The minimum Gasteiger partial charge on any atom is -0.453 e. The van der Waals surface area contributed by atoms with Crippen molar-refractivity contribution in [3.05, 3.63) is 105 Å². The number of hydrogen-bond acceptors (Lipinski definition) is 5. The summed E-state index contributed by atoms with van der Waals surface area (Å²) < 4.78 is 4.72. The molecule has 7 nitrogen and oxygen atoms in total. The van der Waals surface area contributed by atoms with Crippen LogP contribution in [0.5, 0.6) is 0 Å². The van der Waals surface area contributed by atoms with Crippen molar-refractivity contribution >= 4 is 23.6 Å². The Labute approximate surface area is 254 Å². The Bertz CT molecular complexity index is 1360. The van der Waals surface area contributed by atoms with E-state index in [1.807, 2.05) is 60.5 Å². The van der Waals surface area contributed by atoms with Crippen LogP contribution in [0.3, 0.4) is 0 Å². The second-order valence-electron chi connectivity index (χ2n) is 11.2. The van der Waals surface area contributed by atoms with Crippen molar-refractivity contribution in [2.75, 3.05) is 33.8 Å². The van der Waals surface area contributed by atoms with Crippen LogP contribution in [0, 0.1) is 12.8 Å². The van der Waals surface area contributed by atoms with Gasteiger partial charge in [-0.1, -0.05) is 65.7 Å². The van der Waals surface area contributed by atoms with E-state index in [0.29, 0.717) is 49.5 Å². The van der Waals surface area contributed by atoms with Gasteiger partial charge in [-0.3, -0.25) is 4.79 Å². The van der Waals surface area contributed by atoms with Crippen molar-refractivity contribution < 1.29 is 19.4 Å². The molecule has 1 heterocycles. The summed E-state index contributed by atoms with van der Waals surface area (Å²) in [6, 6.07) is 21.7. The quantitative estimate of drug-likeness (QED) is 0.244. The molecule has 0 radical (unpaired) electrons. The van der Waals surface area contributed by atoms with Gasteiger partial charge in [-0.05, 0) is 86.5 Å². The standard InChI is InChI=1S/C34H42ClN3O4/c1-24-8-4-9-26(20-24)21-29-30(11-5-12-31(29)35)34(41,17-7-18-37-33(40)42-3)28-10-6-19-38(23-28)32(39)27-15-13-25(14-16-27)22-36-2/h4-5,8-9,11-16,20,28,36,41H,6-7,10,17-19,21-23H2,1-3H3,(H,37,40). The van der Waals surface area contributed by atoms with Gasteiger partial charge in [-0.15, -0.1) is 0 Å². The lowest BCUT2D eigenvalue weighted by Gasteiger charge is -2.44. The van der Waals surface area contributed by atoms with Crippen molar-refractivity contribution in [2.24, 2.45) is 5.92 Å². The van der Waals surface area contributed by atoms with Crippen molar-refractivity contribution in [1.82, 2.24) is 15.5 Å². The van der Waals surface area contributed by atoms with Gasteiger partial charge in [-0.25, -0.2) is 4.79 Å². The molecule has 8 heteroatoms. The molecular weight excluding hydrogens is 550 g/mol. The molecule has 3 N–H and O–H groups in total. The first kappa shape index (κ1) is 31.5. The number of ether oxygens (including phenoxy) is 1. The lowest BCUT2D eigenvalue weighted by Crippen LogP contribution is -2.48. The molecule has 42 heavy (non-hydrogen) atoms. The number of amides is 2. The number of aliphatic hydroxyl groups is 1. The molecule has 1 aliphatic heterocycles. The highest BCUT2D eigenvalue weighted by Gasteiger charge is 2.42. The van der Waals surface area contributed by atoms with Gasteiger partial charge >= 0.3 is 6.09 Å². The number of halogens is 1. The molecule has 0 saturated carbocycles. The van der Waals surface area contributed by atoms with Crippen molar-refractivity contribution in [2.45, 2.75) is 51.2 Å². The van der Waals surface area contributed by atoms with E-state index in [-0.39, 0.29) is 11.8 Å². The van der Waals surface area contributed by atoms with E-state index < -0.39 is 11.7 Å². The van der Waals surface area contributed by atoms with E-state index in [9.17, 15) is 14.7 Å². The van der Waals surface area contributed by atoms with E-state index in [1.54, 1.807) is 0 Å². The van der Waals surface area contributed by atoms with E-state index in [1.165, 1.54) is 7.11 Å². The number of carbonyl (C=O) groups excluding carboxylic acids is 2. The van der Waals surface area contributed by atoms with Crippen molar-refractivity contribution in [3.8, 4) is 0 Å². The summed E-state index contributed by atoms with van der Waals surface area (Å²) in [7, 11) is 3.23. The average molecular weight is 592 g/mol. The summed E-state index contributed by atoms with van der Waals surface area (Å²) >= 11 is 6.83. The SMILES string of the molecule is CNCc1ccc(C(=O)N2CCCC(C(O)(CCCNC(=O)OC)c3cccc(Cl)c3Cc3cccc(C)c3)C2)cc1. The summed E-state index contributed by atoms with van der Waals surface area (Å²) in [6.07, 6.45) is 2.54. The van der Waals surface area contributed by atoms with E-state index in [4.69, 9.17) is 16.3 Å². The Morgan fingerprint density at radius 2 is 1.86 bits per heavy atom.